The van der Waals surface area contributed by atoms with E-state index in [9.17, 15) is 9.59 Å². The number of thiophene rings is 1. The summed E-state index contributed by atoms with van der Waals surface area (Å²) in [5.74, 6) is -0.328. The fourth-order valence-corrected chi connectivity index (χ4v) is 4.78. The van der Waals surface area contributed by atoms with Crippen LogP contribution in [0.25, 0.3) is 11.1 Å². The lowest BCUT2D eigenvalue weighted by Crippen LogP contribution is -2.25. The van der Waals surface area contributed by atoms with Gasteiger partial charge in [0.05, 0.1) is 17.9 Å². The first-order valence-corrected chi connectivity index (χ1v) is 12.3. The Morgan fingerprint density at radius 3 is 2.24 bits per heavy atom. The number of hydrogen-bond donors (Lipinski definition) is 2. The van der Waals surface area contributed by atoms with Crippen molar-refractivity contribution in [3.05, 3.63) is 75.0 Å². The number of aliphatic carboxylic acids is 1. The first-order chi connectivity index (χ1) is 16.0. The average molecular weight is 480 g/mol. The second-order valence-corrected chi connectivity index (χ2v) is 10.7. The SMILES string of the molecule is Cc1cc(OCCc2ccc(C(=O)NCCC(=O)O)s2)cc(C)c1-c1ccc(C(C)(C)C)cc1. The molecule has 0 aliphatic rings. The highest BCUT2D eigenvalue weighted by molar-refractivity contribution is 7.14. The zero-order valence-corrected chi connectivity index (χ0v) is 21.3. The van der Waals surface area contributed by atoms with Crippen LogP contribution in [0.5, 0.6) is 5.75 Å². The number of carbonyl (C=O) groups excluding carboxylic acids is 1. The summed E-state index contributed by atoms with van der Waals surface area (Å²) in [6, 6.07) is 16.7. The topological polar surface area (TPSA) is 75.6 Å². The molecule has 1 aromatic heterocycles. The third-order valence-corrected chi connectivity index (χ3v) is 6.82. The molecule has 2 N–H and O–H groups in total. The number of nitrogens with one attached hydrogen (secondary N) is 1. The molecular weight excluding hydrogens is 446 g/mol. The Balaban J connectivity index is 1.59. The summed E-state index contributed by atoms with van der Waals surface area (Å²) in [4.78, 5) is 24.3. The number of rotatable bonds is 9. The molecule has 34 heavy (non-hydrogen) atoms. The highest BCUT2D eigenvalue weighted by Gasteiger charge is 2.15. The number of carboxylic acids is 1. The summed E-state index contributed by atoms with van der Waals surface area (Å²) in [6.45, 7) is 11.5. The van der Waals surface area contributed by atoms with Gasteiger partial charge < -0.3 is 15.2 Å². The van der Waals surface area contributed by atoms with Crippen LogP contribution in [-0.2, 0) is 16.6 Å². The number of amides is 1. The lowest BCUT2D eigenvalue weighted by atomic mass is 9.85. The number of ether oxygens (including phenoxy) is 1. The highest BCUT2D eigenvalue weighted by Crippen LogP contribution is 2.33. The molecule has 0 aliphatic heterocycles. The van der Waals surface area contributed by atoms with Gasteiger partial charge in [-0.15, -0.1) is 11.3 Å². The van der Waals surface area contributed by atoms with Crippen LogP contribution in [0, 0.1) is 13.8 Å². The number of benzene rings is 2. The van der Waals surface area contributed by atoms with E-state index in [1.807, 2.05) is 6.07 Å². The summed E-state index contributed by atoms with van der Waals surface area (Å²) in [5, 5.41) is 11.3. The maximum atomic E-state index is 12.1. The molecule has 2 aromatic carbocycles. The molecule has 0 bridgehead atoms. The van der Waals surface area contributed by atoms with Gasteiger partial charge in [0, 0.05) is 17.8 Å². The Morgan fingerprint density at radius 1 is 1.00 bits per heavy atom. The van der Waals surface area contributed by atoms with E-state index in [4.69, 9.17) is 9.84 Å². The molecule has 0 atom stereocenters. The van der Waals surface area contributed by atoms with Gasteiger partial charge in [-0.2, -0.15) is 0 Å². The van der Waals surface area contributed by atoms with Crippen molar-refractivity contribution in [2.45, 2.75) is 52.9 Å². The minimum atomic E-state index is -0.929. The van der Waals surface area contributed by atoms with E-state index in [2.05, 4.69) is 76.3 Å². The molecule has 0 spiro atoms. The summed E-state index contributed by atoms with van der Waals surface area (Å²) in [6.07, 6.45) is 0.610. The summed E-state index contributed by atoms with van der Waals surface area (Å²) < 4.78 is 6.03. The van der Waals surface area contributed by atoms with Crippen LogP contribution in [-0.4, -0.2) is 30.1 Å². The first kappa shape index (κ1) is 25.5. The molecule has 0 saturated carbocycles. The number of carboxylic acid groups (broad SMARTS) is 1. The van der Waals surface area contributed by atoms with Gasteiger partial charge in [-0.05, 0) is 71.3 Å². The zero-order chi connectivity index (χ0) is 24.9. The Bertz CT molecular complexity index is 1130. The van der Waals surface area contributed by atoms with Crippen molar-refractivity contribution in [3.8, 4) is 16.9 Å². The minimum absolute atomic E-state index is 0.0857. The van der Waals surface area contributed by atoms with Gasteiger partial charge in [0.25, 0.3) is 5.91 Å². The van der Waals surface area contributed by atoms with Crippen molar-refractivity contribution in [2.75, 3.05) is 13.2 Å². The maximum Gasteiger partial charge on any atom is 0.305 e. The van der Waals surface area contributed by atoms with Gasteiger partial charge >= 0.3 is 5.97 Å². The fourth-order valence-electron chi connectivity index (χ4n) is 3.87. The molecule has 0 aliphatic carbocycles. The van der Waals surface area contributed by atoms with Crippen LogP contribution < -0.4 is 10.1 Å². The van der Waals surface area contributed by atoms with Gasteiger partial charge in [-0.25, -0.2) is 0 Å². The number of hydrogen-bond acceptors (Lipinski definition) is 4. The molecular formula is C28H33NO4S. The van der Waals surface area contributed by atoms with Crippen molar-refractivity contribution < 1.29 is 19.4 Å². The first-order valence-electron chi connectivity index (χ1n) is 11.5. The van der Waals surface area contributed by atoms with Crippen molar-refractivity contribution in [3.63, 3.8) is 0 Å². The monoisotopic (exact) mass is 479 g/mol. The summed E-state index contributed by atoms with van der Waals surface area (Å²) in [7, 11) is 0. The Morgan fingerprint density at radius 2 is 1.65 bits per heavy atom. The normalized spacial score (nSPS) is 11.3. The predicted molar refractivity (Wildman–Crippen MR) is 138 cm³/mol. The van der Waals surface area contributed by atoms with Crippen LogP contribution in [0.1, 0.15) is 58.4 Å². The van der Waals surface area contributed by atoms with Crippen LogP contribution in [0.2, 0.25) is 0 Å². The maximum absolute atomic E-state index is 12.1. The second kappa shape index (κ2) is 10.9. The average Bonchev–Trinajstić information content (AvgIpc) is 3.22. The van der Waals surface area contributed by atoms with E-state index >= 15 is 0 Å². The number of carbonyl (C=O) groups is 2. The van der Waals surface area contributed by atoms with Crippen molar-refractivity contribution in [1.82, 2.24) is 5.32 Å². The molecule has 0 radical (unpaired) electrons. The molecule has 0 unspecified atom stereocenters. The largest absolute Gasteiger partial charge is 0.493 e. The summed E-state index contributed by atoms with van der Waals surface area (Å²) >= 11 is 1.40. The Hall–Kier alpha value is -3.12. The Labute approximate surface area is 205 Å². The lowest BCUT2D eigenvalue weighted by Gasteiger charge is -2.20. The summed E-state index contributed by atoms with van der Waals surface area (Å²) in [5.41, 5.74) is 6.26. The molecule has 3 rings (SSSR count). The van der Waals surface area contributed by atoms with Crippen LogP contribution in [0.4, 0.5) is 0 Å². The van der Waals surface area contributed by atoms with E-state index in [-0.39, 0.29) is 24.3 Å². The molecule has 6 heteroatoms. The van der Waals surface area contributed by atoms with E-state index in [1.54, 1.807) is 6.07 Å². The van der Waals surface area contributed by atoms with Crippen molar-refractivity contribution >= 4 is 23.2 Å². The third kappa shape index (κ3) is 6.70. The minimum Gasteiger partial charge on any atom is -0.493 e. The lowest BCUT2D eigenvalue weighted by molar-refractivity contribution is -0.136. The standard InChI is InChI=1S/C28H33NO4S/c1-18-16-22(17-19(2)26(18)20-6-8-21(9-7-20)28(3,4)5)33-15-13-23-10-11-24(34-23)27(32)29-14-12-25(30)31/h6-11,16-17H,12-15H2,1-5H3,(H,29,32)(H,30,31). The van der Waals surface area contributed by atoms with Crippen LogP contribution in [0.3, 0.4) is 0 Å². The van der Waals surface area contributed by atoms with Crippen molar-refractivity contribution in [2.24, 2.45) is 0 Å². The van der Waals surface area contributed by atoms with E-state index in [0.717, 1.165) is 10.6 Å². The zero-order valence-electron chi connectivity index (χ0n) is 20.5. The molecule has 3 aromatic rings. The molecule has 0 saturated heterocycles. The van der Waals surface area contributed by atoms with Gasteiger partial charge in [-0.3, -0.25) is 9.59 Å². The molecule has 0 fully saturated rings. The van der Waals surface area contributed by atoms with Crippen LogP contribution in [0.15, 0.2) is 48.5 Å². The third-order valence-electron chi connectivity index (χ3n) is 5.67. The quantitative estimate of drug-likeness (QED) is 0.386. The van der Waals surface area contributed by atoms with E-state index < -0.39 is 5.97 Å². The van der Waals surface area contributed by atoms with Gasteiger partial charge in [0.1, 0.15) is 5.75 Å². The Kier molecular flexibility index (Phi) is 8.15. The van der Waals surface area contributed by atoms with Gasteiger partial charge in [0.15, 0.2) is 0 Å². The van der Waals surface area contributed by atoms with Gasteiger partial charge in [0.2, 0.25) is 0 Å². The molecule has 5 nitrogen and oxygen atoms in total. The molecule has 180 valence electrons. The molecule has 1 heterocycles. The number of aryl methyl sites for hydroxylation is 2. The second-order valence-electron chi connectivity index (χ2n) is 9.52. The molecule has 1 amide bonds. The van der Waals surface area contributed by atoms with Crippen LogP contribution >= 0.6 is 11.3 Å². The van der Waals surface area contributed by atoms with E-state index in [1.165, 1.54) is 39.2 Å². The highest BCUT2D eigenvalue weighted by atomic mass is 32.1. The van der Waals surface area contributed by atoms with Crippen molar-refractivity contribution in [1.29, 1.82) is 0 Å². The smallest absolute Gasteiger partial charge is 0.305 e. The van der Waals surface area contributed by atoms with E-state index in [0.29, 0.717) is 17.9 Å². The fraction of sp³-hybridized carbons (Fsp3) is 0.357. The predicted octanol–water partition coefficient (Wildman–Crippen LogP) is 6.16. The van der Waals surface area contributed by atoms with Gasteiger partial charge in [-0.1, -0.05) is 45.0 Å².